The summed E-state index contributed by atoms with van der Waals surface area (Å²) in [4.78, 5) is 4.41. The Morgan fingerprint density at radius 3 is 2.77 bits per heavy atom. The van der Waals surface area contributed by atoms with Crippen molar-refractivity contribution in [3.8, 4) is 17.1 Å². The number of halogens is 2. The second-order valence-corrected chi connectivity index (χ2v) is 5.89. The van der Waals surface area contributed by atoms with Crippen molar-refractivity contribution in [1.29, 1.82) is 0 Å². The van der Waals surface area contributed by atoms with Gasteiger partial charge in [0.05, 0.1) is 21.4 Å². The summed E-state index contributed by atoms with van der Waals surface area (Å²) in [6.45, 7) is 0.897. The van der Waals surface area contributed by atoms with Gasteiger partial charge in [-0.2, -0.15) is 5.10 Å². The van der Waals surface area contributed by atoms with Crippen LogP contribution in [0, 0.1) is 0 Å². The first-order valence-corrected chi connectivity index (χ1v) is 7.72. The van der Waals surface area contributed by atoms with Crippen LogP contribution in [0.25, 0.3) is 17.1 Å². The quantitative estimate of drug-likeness (QED) is 0.765. The van der Waals surface area contributed by atoms with Crippen LogP contribution < -0.4 is 5.32 Å². The van der Waals surface area contributed by atoms with Gasteiger partial charge in [-0.1, -0.05) is 29.3 Å². The maximum absolute atomic E-state index is 6.13. The molecule has 0 saturated heterocycles. The molecule has 0 fully saturated rings. The van der Waals surface area contributed by atoms with Crippen molar-refractivity contribution < 1.29 is 0 Å². The fraction of sp³-hybridized carbons (Fsp3) is 0.125. The van der Waals surface area contributed by atoms with E-state index in [1.165, 1.54) is 5.56 Å². The van der Waals surface area contributed by atoms with Crippen LogP contribution in [0.4, 0.5) is 5.82 Å². The highest BCUT2D eigenvalue weighted by atomic mass is 35.5. The Hall–Kier alpha value is -2.04. The van der Waals surface area contributed by atoms with Crippen molar-refractivity contribution in [1.82, 2.24) is 14.8 Å². The minimum atomic E-state index is 0.515. The van der Waals surface area contributed by atoms with Crippen molar-refractivity contribution in [2.24, 2.45) is 0 Å². The van der Waals surface area contributed by atoms with Crippen LogP contribution in [0.1, 0.15) is 5.56 Å². The van der Waals surface area contributed by atoms with Crippen LogP contribution in [-0.4, -0.2) is 21.3 Å². The Morgan fingerprint density at radius 2 is 2.00 bits per heavy atom. The first-order valence-electron chi connectivity index (χ1n) is 6.96. The van der Waals surface area contributed by atoms with Gasteiger partial charge in [0, 0.05) is 18.3 Å². The average Bonchev–Trinajstić information content (AvgIpc) is 3.13. The number of fused-ring (bicyclic) bond motifs is 1. The molecule has 0 aliphatic carbocycles. The number of aromatic nitrogens is 3. The molecule has 22 heavy (non-hydrogen) atoms. The number of nitrogens with zero attached hydrogens (tertiary/aromatic N) is 3. The Morgan fingerprint density at radius 1 is 1.09 bits per heavy atom. The highest BCUT2D eigenvalue weighted by Gasteiger charge is 2.24. The van der Waals surface area contributed by atoms with Gasteiger partial charge in [-0.05, 0) is 36.8 Å². The molecular formula is C16H12Cl2N4. The van der Waals surface area contributed by atoms with E-state index >= 15 is 0 Å². The second kappa shape index (κ2) is 5.30. The molecule has 0 unspecified atom stereocenters. The lowest BCUT2D eigenvalue weighted by Crippen LogP contribution is -2.04. The van der Waals surface area contributed by atoms with E-state index in [-0.39, 0.29) is 0 Å². The molecule has 1 aliphatic rings. The number of pyridine rings is 1. The summed E-state index contributed by atoms with van der Waals surface area (Å²) < 4.78 is 1.87. The second-order valence-electron chi connectivity index (χ2n) is 5.08. The standard InChI is InChI=1S/C16H12Cl2N4/c17-12-5-4-10(9-13(12)18)22-16-11(6-8-20-16)15(21-22)14-3-1-2-7-19-14/h1-5,7,9,20H,6,8H2. The third kappa shape index (κ3) is 2.16. The molecule has 0 atom stereocenters. The van der Waals surface area contributed by atoms with Crippen molar-refractivity contribution in [2.45, 2.75) is 6.42 Å². The van der Waals surface area contributed by atoms with Gasteiger partial charge >= 0.3 is 0 Å². The fourth-order valence-corrected chi connectivity index (χ4v) is 2.98. The van der Waals surface area contributed by atoms with Gasteiger partial charge in [0.1, 0.15) is 11.5 Å². The molecule has 3 heterocycles. The van der Waals surface area contributed by atoms with Gasteiger partial charge in [0.25, 0.3) is 0 Å². The summed E-state index contributed by atoms with van der Waals surface area (Å²) in [7, 11) is 0. The Bertz CT molecular complexity index is 843. The van der Waals surface area contributed by atoms with Crippen molar-refractivity contribution in [3.63, 3.8) is 0 Å². The summed E-state index contributed by atoms with van der Waals surface area (Å²) in [5, 5.41) is 9.17. The largest absolute Gasteiger partial charge is 0.369 e. The highest BCUT2D eigenvalue weighted by molar-refractivity contribution is 6.42. The molecule has 1 N–H and O–H groups in total. The zero-order valence-electron chi connectivity index (χ0n) is 11.6. The summed E-state index contributed by atoms with van der Waals surface area (Å²) in [5.41, 5.74) is 3.85. The number of hydrogen-bond donors (Lipinski definition) is 1. The van der Waals surface area contributed by atoms with E-state index < -0.39 is 0 Å². The van der Waals surface area contributed by atoms with Crippen LogP contribution in [0.2, 0.25) is 10.0 Å². The molecule has 4 rings (SSSR count). The minimum Gasteiger partial charge on any atom is -0.369 e. The van der Waals surface area contributed by atoms with E-state index in [9.17, 15) is 0 Å². The molecule has 4 nitrogen and oxygen atoms in total. The lowest BCUT2D eigenvalue weighted by molar-refractivity contribution is 0.880. The summed E-state index contributed by atoms with van der Waals surface area (Å²) in [6.07, 6.45) is 2.71. The third-order valence-corrected chi connectivity index (χ3v) is 4.45. The van der Waals surface area contributed by atoms with Crippen LogP contribution in [0.15, 0.2) is 42.6 Å². The molecule has 0 bridgehead atoms. The van der Waals surface area contributed by atoms with Crippen LogP contribution >= 0.6 is 23.2 Å². The predicted octanol–water partition coefficient (Wildman–Crippen LogP) is 4.21. The molecule has 2 aromatic heterocycles. The highest BCUT2D eigenvalue weighted by Crippen LogP contribution is 2.34. The van der Waals surface area contributed by atoms with E-state index in [1.807, 2.05) is 35.0 Å². The topological polar surface area (TPSA) is 42.7 Å². The lowest BCUT2D eigenvalue weighted by Gasteiger charge is -2.07. The molecule has 0 radical (unpaired) electrons. The summed E-state index contributed by atoms with van der Waals surface area (Å²) >= 11 is 12.1. The van der Waals surface area contributed by atoms with Gasteiger partial charge in [-0.25, -0.2) is 4.68 Å². The van der Waals surface area contributed by atoms with Gasteiger partial charge in [-0.3, -0.25) is 4.98 Å². The van der Waals surface area contributed by atoms with E-state index in [4.69, 9.17) is 28.3 Å². The monoisotopic (exact) mass is 330 g/mol. The Kier molecular flexibility index (Phi) is 3.28. The van der Waals surface area contributed by atoms with E-state index in [0.717, 1.165) is 35.9 Å². The molecule has 3 aromatic rings. The molecule has 110 valence electrons. The number of nitrogens with one attached hydrogen (secondary N) is 1. The van der Waals surface area contributed by atoms with Crippen molar-refractivity contribution >= 4 is 29.0 Å². The number of rotatable bonds is 2. The van der Waals surface area contributed by atoms with Crippen LogP contribution in [0.5, 0.6) is 0 Å². The summed E-state index contributed by atoms with van der Waals surface area (Å²) in [6, 6.07) is 11.3. The van der Waals surface area contributed by atoms with Crippen molar-refractivity contribution in [3.05, 3.63) is 58.2 Å². The predicted molar refractivity (Wildman–Crippen MR) is 89.0 cm³/mol. The van der Waals surface area contributed by atoms with Crippen LogP contribution in [-0.2, 0) is 6.42 Å². The number of anilines is 1. The number of benzene rings is 1. The van der Waals surface area contributed by atoms with E-state index in [0.29, 0.717) is 10.0 Å². The lowest BCUT2D eigenvalue weighted by atomic mass is 10.1. The van der Waals surface area contributed by atoms with Gasteiger partial charge in [0.15, 0.2) is 0 Å². The fourth-order valence-electron chi connectivity index (χ4n) is 2.69. The Balaban J connectivity index is 1.89. The third-order valence-electron chi connectivity index (χ3n) is 3.71. The Labute approximate surface area is 137 Å². The smallest absolute Gasteiger partial charge is 0.133 e. The summed E-state index contributed by atoms with van der Waals surface area (Å²) in [5.74, 6) is 0.999. The van der Waals surface area contributed by atoms with Crippen molar-refractivity contribution in [2.75, 3.05) is 11.9 Å². The molecule has 0 amide bonds. The first-order chi connectivity index (χ1) is 10.7. The molecular weight excluding hydrogens is 319 g/mol. The van der Waals surface area contributed by atoms with E-state index in [2.05, 4.69) is 10.3 Å². The molecule has 1 aliphatic heterocycles. The minimum absolute atomic E-state index is 0.515. The number of hydrogen-bond acceptors (Lipinski definition) is 3. The molecule has 1 aromatic carbocycles. The normalized spacial score (nSPS) is 13.0. The molecule has 0 spiro atoms. The average molecular weight is 331 g/mol. The maximum Gasteiger partial charge on any atom is 0.133 e. The maximum atomic E-state index is 6.13. The zero-order valence-corrected chi connectivity index (χ0v) is 13.1. The first kappa shape index (κ1) is 13.6. The molecule has 0 saturated carbocycles. The van der Waals surface area contributed by atoms with Gasteiger partial charge in [0.2, 0.25) is 0 Å². The molecule has 6 heteroatoms. The van der Waals surface area contributed by atoms with Crippen LogP contribution in [0.3, 0.4) is 0 Å². The van der Waals surface area contributed by atoms with E-state index in [1.54, 1.807) is 12.3 Å². The van der Waals surface area contributed by atoms with Gasteiger partial charge < -0.3 is 5.32 Å². The zero-order chi connectivity index (χ0) is 15.1. The van der Waals surface area contributed by atoms with Gasteiger partial charge in [-0.15, -0.1) is 0 Å². The SMILES string of the molecule is Clc1ccc(-n2nc(-c3ccccn3)c3c2NCC3)cc1Cl.